The van der Waals surface area contributed by atoms with Crippen LogP contribution in [0.2, 0.25) is 0 Å². The molecular weight excluding hydrogens is 260 g/mol. The van der Waals surface area contributed by atoms with E-state index in [9.17, 15) is 0 Å². The van der Waals surface area contributed by atoms with Crippen molar-refractivity contribution in [2.45, 2.75) is 10.2 Å². The minimum absolute atomic E-state index is 0.399. The average molecular weight is 272 g/mol. The van der Waals surface area contributed by atoms with Crippen molar-refractivity contribution in [1.29, 1.82) is 0 Å². The third-order valence-corrected chi connectivity index (χ3v) is 3.74. The fraction of sp³-hybridized carbons (Fsp3) is 0.0833. The molecule has 0 amide bonds. The lowest BCUT2D eigenvalue weighted by Crippen LogP contribution is -2.11. The van der Waals surface area contributed by atoms with Crippen LogP contribution in [-0.2, 0) is 7.05 Å². The number of nitrogens with one attached hydrogen (secondary N) is 1. The van der Waals surface area contributed by atoms with E-state index < -0.39 is 0 Å². The molecule has 0 radical (unpaired) electrons. The smallest absolute Gasteiger partial charge is 0.238 e. The van der Waals surface area contributed by atoms with E-state index in [-0.39, 0.29) is 0 Å². The summed E-state index contributed by atoms with van der Waals surface area (Å²) in [6, 6.07) is 7.82. The fourth-order valence-corrected chi connectivity index (χ4v) is 2.63. The predicted octanol–water partition coefficient (Wildman–Crippen LogP) is 1.80. The SMILES string of the molecule is Cn1ccnc1Sc1nc(NN)nc2ccccc12. The molecule has 0 atom stereocenters. The first-order valence-corrected chi connectivity index (χ1v) is 6.48. The van der Waals surface area contributed by atoms with Crippen molar-refractivity contribution in [3.05, 3.63) is 36.7 Å². The minimum Gasteiger partial charge on any atom is -0.329 e. The number of hydrazine groups is 1. The number of hydrogen-bond donors (Lipinski definition) is 2. The van der Waals surface area contributed by atoms with Gasteiger partial charge in [0.05, 0.1) is 5.52 Å². The number of fused-ring (bicyclic) bond motifs is 1. The quantitative estimate of drug-likeness (QED) is 0.430. The number of para-hydroxylation sites is 1. The topological polar surface area (TPSA) is 81.7 Å². The number of aryl methyl sites for hydroxylation is 1. The van der Waals surface area contributed by atoms with Crippen LogP contribution in [0, 0.1) is 0 Å². The van der Waals surface area contributed by atoms with E-state index in [1.54, 1.807) is 6.20 Å². The standard InChI is InChI=1S/C12H12N6S/c1-18-7-6-14-12(18)19-10-8-4-2-3-5-9(8)15-11(16-10)17-13/h2-7H,13H2,1H3,(H,15,16,17). The van der Waals surface area contributed by atoms with Crippen molar-refractivity contribution < 1.29 is 0 Å². The normalized spacial score (nSPS) is 10.8. The molecule has 2 aromatic heterocycles. The molecule has 0 unspecified atom stereocenters. The van der Waals surface area contributed by atoms with Gasteiger partial charge in [0.1, 0.15) is 5.03 Å². The van der Waals surface area contributed by atoms with E-state index in [4.69, 9.17) is 5.84 Å². The number of imidazole rings is 1. The number of nitrogen functional groups attached to an aromatic ring is 1. The van der Waals surface area contributed by atoms with Crippen molar-refractivity contribution in [3.8, 4) is 0 Å². The molecule has 0 saturated carbocycles. The summed E-state index contributed by atoms with van der Waals surface area (Å²) in [5.41, 5.74) is 3.34. The van der Waals surface area contributed by atoms with E-state index in [0.717, 1.165) is 21.1 Å². The molecule has 0 aliphatic carbocycles. The molecule has 7 heteroatoms. The van der Waals surface area contributed by atoms with E-state index >= 15 is 0 Å². The zero-order chi connectivity index (χ0) is 13.2. The molecular formula is C12H12N6S. The van der Waals surface area contributed by atoms with E-state index in [2.05, 4.69) is 20.4 Å². The molecule has 6 nitrogen and oxygen atoms in total. The summed E-state index contributed by atoms with van der Waals surface area (Å²) in [5, 5.41) is 2.68. The number of anilines is 1. The maximum Gasteiger partial charge on any atom is 0.238 e. The van der Waals surface area contributed by atoms with E-state index in [1.807, 2.05) is 42.1 Å². The van der Waals surface area contributed by atoms with Crippen molar-refractivity contribution in [3.63, 3.8) is 0 Å². The van der Waals surface area contributed by atoms with Crippen molar-refractivity contribution >= 4 is 28.6 Å². The van der Waals surface area contributed by atoms with Crippen LogP contribution in [0.3, 0.4) is 0 Å². The van der Waals surface area contributed by atoms with Gasteiger partial charge in [-0.2, -0.15) is 0 Å². The summed E-state index contributed by atoms with van der Waals surface area (Å²) in [4.78, 5) is 13.0. The predicted molar refractivity (Wildman–Crippen MR) is 74.7 cm³/mol. The minimum atomic E-state index is 0.399. The van der Waals surface area contributed by atoms with Gasteiger partial charge in [0.25, 0.3) is 0 Å². The molecule has 0 saturated heterocycles. The molecule has 19 heavy (non-hydrogen) atoms. The molecule has 0 bridgehead atoms. The summed E-state index contributed by atoms with van der Waals surface area (Å²) in [5.74, 6) is 5.81. The van der Waals surface area contributed by atoms with Crippen LogP contribution in [-0.4, -0.2) is 19.5 Å². The van der Waals surface area contributed by atoms with Gasteiger partial charge >= 0.3 is 0 Å². The molecule has 0 aliphatic heterocycles. The van der Waals surface area contributed by atoms with Crippen LogP contribution >= 0.6 is 11.8 Å². The average Bonchev–Trinajstić information content (AvgIpc) is 2.84. The van der Waals surface area contributed by atoms with Crippen LogP contribution < -0.4 is 11.3 Å². The Bertz CT molecular complexity index is 723. The number of aromatic nitrogens is 4. The number of nitrogens with zero attached hydrogens (tertiary/aromatic N) is 4. The lowest BCUT2D eigenvalue weighted by molar-refractivity contribution is 0.789. The van der Waals surface area contributed by atoms with Gasteiger partial charge in [0.15, 0.2) is 5.16 Å². The summed E-state index contributed by atoms with van der Waals surface area (Å²) in [7, 11) is 1.95. The number of nitrogens with two attached hydrogens (primary N) is 1. The highest BCUT2D eigenvalue weighted by Gasteiger charge is 2.10. The first-order valence-electron chi connectivity index (χ1n) is 5.66. The Hall–Kier alpha value is -2.12. The second kappa shape index (κ2) is 4.87. The van der Waals surface area contributed by atoms with Gasteiger partial charge < -0.3 is 4.57 Å². The summed E-state index contributed by atoms with van der Waals surface area (Å²) in [6.07, 6.45) is 3.65. The second-order valence-electron chi connectivity index (χ2n) is 3.94. The van der Waals surface area contributed by atoms with Gasteiger partial charge in [0.2, 0.25) is 5.95 Å². The number of hydrogen-bond acceptors (Lipinski definition) is 6. The van der Waals surface area contributed by atoms with Gasteiger partial charge in [-0.3, -0.25) is 5.43 Å². The Balaban J connectivity index is 2.13. The zero-order valence-electron chi connectivity index (χ0n) is 10.2. The first kappa shape index (κ1) is 11.9. The van der Waals surface area contributed by atoms with Crippen LogP contribution in [0.15, 0.2) is 46.8 Å². The van der Waals surface area contributed by atoms with Crippen molar-refractivity contribution in [1.82, 2.24) is 19.5 Å². The van der Waals surface area contributed by atoms with E-state index in [1.165, 1.54) is 11.8 Å². The van der Waals surface area contributed by atoms with Crippen molar-refractivity contribution in [2.24, 2.45) is 12.9 Å². The Morgan fingerprint density at radius 2 is 2.11 bits per heavy atom. The molecule has 3 aromatic rings. The number of benzene rings is 1. The highest BCUT2D eigenvalue weighted by atomic mass is 32.2. The Morgan fingerprint density at radius 3 is 2.84 bits per heavy atom. The second-order valence-corrected chi connectivity index (χ2v) is 4.89. The van der Waals surface area contributed by atoms with Gasteiger partial charge in [-0.25, -0.2) is 20.8 Å². The maximum atomic E-state index is 5.41. The Labute approximate surface area is 114 Å². The maximum absolute atomic E-state index is 5.41. The molecule has 0 spiro atoms. The molecule has 0 fully saturated rings. The first-order chi connectivity index (χ1) is 9.28. The zero-order valence-corrected chi connectivity index (χ0v) is 11.1. The van der Waals surface area contributed by atoms with Crippen LogP contribution in [0.4, 0.5) is 5.95 Å². The largest absolute Gasteiger partial charge is 0.329 e. The summed E-state index contributed by atoms with van der Waals surface area (Å²) >= 11 is 1.49. The van der Waals surface area contributed by atoms with Crippen LogP contribution in [0.25, 0.3) is 10.9 Å². The van der Waals surface area contributed by atoms with Gasteiger partial charge in [-0.1, -0.05) is 18.2 Å². The van der Waals surface area contributed by atoms with Gasteiger partial charge in [-0.15, -0.1) is 0 Å². The molecule has 3 N–H and O–H groups in total. The molecule has 1 aromatic carbocycles. The highest BCUT2D eigenvalue weighted by Crippen LogP contribution is 2.30. The van der Waals surface area contributed by atoms with Crippen LogP contribution in [0.5, 0.6) is 0 Å². The molecule has 0 aliphatic rings. The lowest BCUT2D eigenvalue weighted by atomic mass is 10.2. The van der Waals surface area contributed by atoms with Gasteiger partial charge in [0, 0.05) is 24.8 Å². The lowest BCUT2D eigenvalue weighted by Gasteiger charge is -2.07. The van der Waals surface area contributed by atoms with E-state index in [0.29, 0.717) is 5.95 Å². The van der Waals surface area contributed by atoms with Crippen molar-refractivity contribution in [2.75, 3.05) is 5.43 Å². The molecule has 3 rings (SSSR count). The summed E-state index contributed by atoms with van der Waals surface area (Å²) in [6.45, 7) is 0. The monoisotopic (exact) mass is 272 g/mol. The Morgan fingerprint density at radius 1 is 1.26 bits per heavy atom. The molecule has 96 valence electrons. The van der Waals surface area contributed by atoms with Crippen LogP contribution in [0.1, 0.15) is 0 Å². The summed E-state index contributed by atoms with van der Waals surface area (Å²) < 4.78 is 1.94. The third-order valence-electron chi connectivity index (χ3n) is 2.66. The number of rotatable bonds is 3. The fourth-order valence-electron chi connectivity index (χ4n) is 1.73. The Kier molecular flexibility index (Phi) is 3.06. The third kappa shape index (κ3) is 2.25. The highest BCUT2D eigenvalue weighted by molar-refractivity contribution is 7.99. The van der Waals surface area contributed by atoms with Gasteiger partial charge in [-0.05, 0) is 17.8 Å². The molecule has 2 heterocycles.